The molecule has 2 aromatic carbocycles. The number of rotatable bonds is 4. The molecule has 1 amide bonds. The molecule has 3 aromatic rings. The van der Waals surface area contributed by atoms with Crippen LogP contribution in [0.5, 0.6) is 5.75 Å². The number of anilines is 1. The van der Waals surface area contributed by atoms with Crippen molar-refractivity contribution in [1.82, 2.24) is 9.71 Å². The van der Waals surface area contributed by atoms with Gasteiger partial charge >= 0.3 is 6.09 Å². The molecule has 0 fully saturated rings. The minimum Gasteiger partial charge on any atom is -0.497 e. The van der Waals surface area contributed by atoms with Gasteiger partial charge in [0.05, 0.1) is 13.3 Å². The first-order chi connectivity index (χ1) is 11.7. The lowest BCUT2D eigenvalue weighted by atomic mass is 10.2. The fourth-order valence-electron chi connectivity index (χ4n) is 2.24. The van der Waals surface area contributed by atoms with Crippen LogP contribution in [-0.2, 0) is 0 Å². The summed E-state index contributed by atoms with van der Waals surface area (Å²) in [7, 11) is 1.61. The van der Waals surface area contributed by atoms with Crippen LogP contribution in [0, 0.1) is 6.92 Å². The Labute approximate surface area is 139 Å². The van der Waals surface area contributed by atoms with Crippen LogP contribution in [0.15, 0.2) is 60.9 Å². The summed E-state index contributed by atoms with van der Waals surface area (Å²) in [4.78, 5) is 21.7. The van der Waals surface area contributed by atoms with E-state index in [-0.39, 0.29) is 0 Å². The summed E-state index contributed by atoms with van der Waals surface area (Å²) in [6.07, 6.45) is 2.56. The van der Waals surface area contributed by atoms with Gasteiger partial charge in [-0.2, -0.15) is 4.73 Å². The standard InChI is InChI=1S/C18H17N3O3/c1-13-5-3-4-6-16(13)20-18(22)24-21-12-11-19-17(21)14-7-9-15(23-2)10-8-14/h3-12H,1-2H3,(H,20,22). The Bertz CT molecular complexity index is 841. The van der Waals surface area contributed by atoms with Gasteiger partial charge in [0.2, 0.25) is 0 Å². The first-order valence-corrected chi connectivity index (χ1v) is 7.40. The number of amides is 1. The van der Waals surface area contributed by atoms with E-state index in [2.05, 4.69) is 10.3 Å². The van der Waals surface area contributed by atoms with Crippen molar-refractivity contribution < 1.29 is 14.4 Å². The molecule has 0 saturated carbocycles. The molecule has 3 rings (SSSR count). The number of carbonyl (C=O) groups excluding carboxylic acids is 1. The molecule has 0 unspecified atom stereocenters. The quantitative estimate of drug-likeness (QED) is 0.798. The molecule has 6 nitrogen and oxygen atoms in total. The highest BCUT2D eigenvalue weighted by molar-refractivity contribution is 5.85. The zero-order chi connectivity index (χ0) is 16.9. The smallest absolute Gasteiger partial charge is 0.436 e. The van der Waals surface area contributed by atoms with Crippen LogP contribution in [0.4, 0.5) is 10.5 Å². The summed E-state index contributed by atoms with van der Waals surface area (Å²) in [6.45, 7) is 1.91. The van der Waals surface area contributed by atoms with Gasteiger partial charge in [0, 0.05) is 17.4 Å². The van der Waals surface area contributed by atoms with E-state index in [0.29, 0.717) is 11.5 Å². The van der Waals surface area contributed by atoms with Gasteiger partial charge in [0.15, 0.2) is 5.82 Å². The summed E-state index contributed by atoms with van der Waals surface area (Å²) >= 11 is 0. The Morgan fingerprint density at radius 2 is 1.88 bits per heavy atom. The normalized spacial score (nSPS) is 10.2. The molecule has 1 heterocycles. The van der Waals surface area contributed by atoms with Crippen LogP contribution >= 0.6 is 0 Å². The molecule has 0 spiro atoms. The predicted octanol–water partition coefficient (Wildman–Crippen LogP) is 3.53. The SMILES string of the molecule is COc1ccc(-c2nccn2OC(=O)Nc2ccccc2C)cc1. The van der Waals surface area contributed by atoms with E-state index in [1.165, 1.54) is 4.73 Å². The molecule has 0 aliphatic heterocycles. The molecule has 0 aliphatic rings. The minimum atomic E-state index is -0.586. The van der Waals surface area contributed by atoms with Crippen molar-refractivity contribution in [3.8, 4) is 17.1 Å². The van der Waals surface area contributed by atoms with Gasteiger partial charge in [-0.05, 0) is 42.8 Å². The second-order valence-corrected chi connectivity index (χ2v) is 5.12. The maximum absolute atomic E-state index is 12.1. The number of aromatic nitrogens is 2. The molecule has 6 heteroatoms. The number of imidazole rings is 1. The third kappa shape index (κ3) is 3.38. The number of ether oxygens (including phenoxy) is 1. The largest absolute Gasteiger partial charge is 0.497 e. The summed E-state index contributed by atoms with van der Waals surface area (Å²) in [5, 5.41) is 2.72. The van der Waals surface area contributed by atoms with E-state index < -0.39 is 6.09 Å². The van der Waals surface area contributed by atoms with Gasteiger partial charge in [-0.15, -0.1) is 0 Å². The number of methoxy groups -OCH3 is 1. The van der Waals surface area contributed by atoms with Crippen molar-refractivity contribution >= 4 is 11.8 Å². The number of aryl methyl sites for hydroxylation is 1. The lowest BCUT2D eigenvalue weighted by Gasteiger charge is -2.11. The number of hydrogen-bond donors (Lipinski definition) is 1. The first-order valence-electron chi connectivity index (χ1n) is 7.40. The average molecular weight is 323 g/mol. The molecule has 24 heavy (non-hydrogen) atoms. The van der Waals surface area contributed by atoms with Crippen LogP contribution < -0.4 is 14.9 Å². The second-order valence-electron chi connectivity index (χ2n) is 5.12. The van der Waals surface area contributed by atoms with E-state index in [9.17, 15) is 4.79 Å². The maximum Gasteiger partial charge on any atom is 0.436 e. The third-order valence-electron chi connectivity index (χ3n) is 3.52. The molecule has 0 bridgehead atoms. The summed E-state index contributed by atoms with van der Waals surface area (Å²) in [5.41, 5.74) is 2.47. The summed E-state index contributed by atoms with van der Waals surface area (Å²) in [6, 6.07) is 14.8. The molecule has 1 N–H and O–H groups in total. The van der Waals surface area contributed by atoms with Gasteiger partial charge < -0.3 is 9.57 Å². The van der Waals surface area contributed by atoms with Gasteiger partial charge in [-0.25, -0.2) is 9.78 Å². The Morgan fingerprint density at radius 1 is 1.12 bits per heavy atom. The topological polar surface area (TPSA) is 65.4 Å². The number of carbonyl (C=O) groups is 1. The maximum atomic E-state index is 12.1. The van der Waals surface area contributed by atoms with Crippen molar-refractivity contribution in [2.75, 3.05) is 12.4 Å². The first kappa shape index (κ1) is 15.6. The fourth-order valence-corrected chi connectivity index (χ4v) is 2.24. The molecule has 0 aliphatic carbocycles. The van der Waals surface area contributed by atoms with Crippen molar-refractivity contribution in [2.45, 2.75) is 6.92 Å². The number of nitrogens with zero attached hydrogens (tertiary/aromatic N) is 2. The molecule has 122 valence electrons. The van der Waals surface area contributed by atoms with E-state index in [4.69, 9.17) is 9.57 Å². The average Bonchev–Trinajstić information content (AvgIpc) is 3.05. The highest BCUT2D eigenvalue weighted by Gasteiger charge is 2.12. The molecule has 0 radical (unpaired) electrons. The van der Waals surface area contributed by atoms with Crippen molar-refractivity contribution in [1.29, 1.82) is 0 Å². The van der Waals surface area contributed by atoms with E-state index in [1.807, 2.05) is 55.5 Å². The number of para-hydroxylation sites is 1. The molecule has 1 aromatic heterocycles. The Morgan fingerprint density at radius 3 is 2.58 bits per heavy atom. The number of nitrogens with one attached hydrogen (secondary N) is 1. The Kier molecular flexibility index (Phi) is 4.47. The van der Waals surface area contributed by atoms with E-state index in [0.717, 1.165) is 16.9 Å². The van der Waals surface area contributed by atoms with Crippen molar-refractivity contribution in [2.24, 2.45) is 0 Å². The van der Waals surface area contributed by atoms with Crippen LogP contribution in [0.1, 0.15) is 5.56 Å². The van der Waals surface area contributed by atoms with Gasteiger partial charge in [-0.3, -0.25) is 5.32 Å². The summed E-state index contributed by atoms with van der Waals surface area (Å²) < 4.78 is 6.47. The zero-order valence-corrected chi connectivity index (χ0v) is 13.4. The zero-order valence-electron chi connectivity index (χ0n) is 13.4. The molecule has 0 atom stereocenters. The Balaban J connectivity index is 1.75. The molecular weight excluding hydrogens is 306 g/mol. The number of hydrogen-bond acceptors (Lipinski definition) is 4. The van der Waals surface area contributed by atoms with Gasteiger partial charge in [0.1, 0.15) is 5.75 Å². The second kappa shape index (κ2) is 6.87. The third-order valence-corrected chi connectivity index (χ3v) is 3.52. The van der Waals surface area contributed by atoms with Crippen LogP contribution in [0.3, 0.4) is 0 Å². The van der Waals surface area contributed by atoms with Gasteiger partial charge in [-0.1, -0.05) is 18.2 Å². The lowest BCUT2D eigenvalue weighted by Crippen LogP contribution is -2.25. The monoisotopic (exact) mass is 323 g/mol. The van der Waals surface area contributed by atoms with Crippen LogP contribution in [-0.4, -0.2) is 22.9 Å². The molecular formula is C18H17N3O3. The van der Waals surface area contributed by atoms with Crippen LogP contribution in [0.2, 0.25) is 0 Å². The summed E-state index contributed by atoms with van der Waals surface area (Å²) in [5.74, 6) is 1.27. The van der Waals surface area contributed by atoms with Crippen LogP contribution in [0.25, 0.3) is 11.4 Å². The fraction of sp³-hybridized carbons (Fsp3) is 0.111. The lowest BCUT2D eigenvalue weighted by molar-refractivity contribution is 0.149. The van der Waals surface area contributed by atoms with Crippen molar-refractivity contribution in [3.63, 3.8) is 0 Å². The molecule has 0 saturated heterocycles. The van der Waals surface area contributed by atoms with E-state index >= 15 is 0 Å². The minimum absolute atomic E-state index is 0.526. The van der Waals surface area contributed by atoms with Crippen molar-refractivity contribution in [3.05, 3.63) is 66.5 Å². The van der Waals surface area contributed by atoms with E-state index in [1.54, 1.807) is 19.5 Å². The predicted molar refractivity (Wildman–Crippen MR) is 91.0 cm³/mol. The Hall–Kier alpha value is -3.28. The number of benzene rings is 2. The highest BCUT2D eigenvalue weighted by atomic mass is 16.7. The highest BCUT2D eigenvalue weighted by Crippen LogP contribution is 2.20. The van der Waals surface area contributed by atoms with Gasteiger partial charge in [0.25, 0.3) is 0 Å².